The van der Waals surface area contributed by atoms with Gasteiger partial charge in [-0.1, -0.05) is 25.1 Å². The van der Waals surface area contributed by atoms with Gasteiger partial charge in [0.25, 0.3) is 0 Å². The topological polar surface area (TPSA) is 23.6 Å². The smallest absolute Gasteiger partial charge is 0.227 e. The quantitative estimate of drug-likeness (QED) is 0.777. The lowest BCUT2D eigenvalue weighted by Gasteiger charge is -2.36. The summed E-state index contributed by atoms with van der Waals surface area (Å²) in [5, 5.41) is 0.142. The maximum atomic E-state index is 12.7. The minimum atomic E-state index is 0.142. The van der Waals surface area contributed by atoms with Crippen molar-refractivity contribution >= 4 is 23.2 Å². The van der Waals surface area contributed by atoms with Crippen molar-refractivity contribution in [2.45, 2.75) is 50.1 Å². The fourth-order valence-corrected chi connectivity index (χ4v) is 3.58. The molecule has 1 aliphatic rings. The van der Waals surface area contributed by atoms with Crippen molar-refractivity contribution in [3.05, 3.63) is 30.3 Å². The molecule has 0 N–H and O–H groups in total. The van der Waals surface area contributed by atoms with Crippen molar-refractivity contribution in [3.63, 3.8) is 0 Å². The molecule has 3 unspecified atom stereocenters. The summed E-state index contributed by atoms with van der Waals surface area (Å²) in [5.74, 6) is 0.200. The highest BCUT2D eigenvalue weighted by atomic mass is 35.5. The summed E-state index contributed by atoms with van der Waals surface area (Å²) in [6.07, 6.45) is 3.24. The van der Waals surface area contributed by atoms with E-state index >= 15 is 0 Å². The van der Waals surface area contributed by atoms with E-state index in [4.69, 9.17) is 11.6 Å². The van der Waals surface area contributed by atoms with Gasteiger partial charge in [0.15, 0.2) is 0 Å². The Balaban J connectivity index is 2.33. The second kappa shape index (κ2) is 7.28. The molecule has 0 heterocycles. The van der Waals surface area contributed by atoms with Crippen molar-refractivity contribution < 1.29 is 4.79 Å². The number of para-hydroxylation sites is 1. The molecule has 2 rings (SSSR count). The number of carbonyl (C=O) groups excluding carboxylic acids is 1. The van der Waals surface area contributed by atoms with Crippen LogP contribution in [0.3, 0.4) is 0 Å². The van der Waals surface area contributed by atoms with Gasteiger partial charge < -0.3 is 9.80 Å². The second-order valence-electron chi connectivity index (χ2n) is 6.02. The van der Waals surface area contributed by atoms with Crippen LogP contribution in [-0.2, 0) is 4.79 Å². The maximum absolute atomic E-state index is 12.7. The first-order chi connectivity index (χ1) is 10.0. The third kappa shape index (κ3) is 3.78. The van der Waals surface area contributed by atoms with Gasteiger partial charge >= 0.3 is 0 Å². The average Bonchev–Trinajstić information content (AvgIpc) is 2.82. The number of alkyl halides is 1. The monoisotopic (exact) mass is 308 g/mol. The minimum Gasteiger partial charge on any atom is -0.308 e. The lowest BCUT2D eigenvalue weighted by atomic mass is 10.1. The number of hydrogen-bond donors (Lipinski definition) is 0. The summed E-state index contributed by atoms with van der Waals surface area (Å²) in [6, 6.07) is 10.5. The van der Waals surface area contributed by atoms with Gasteiger partial charge in [0, 0.05) is 23.5 Å². The zero-order chi connectivity index (χ0) is 15.4. The predicted molar refractivity (Wildman–Crippen MR) is 89.0 cm³/mol. The van der Waals surface area contributed by atoms with E-state index in [1.807, 2.05) is 42.2 Å². The third-order valence-corrected chi connectivity index (χ3v) is 4.56. The van der Waals surface area contributed by atoms with Crippen LogP contribution >= 0.6 is 11.6 Å². The standard InChI is InChI=1S/C17H25ClN2O/c1-4-8-17(21)20(14-9-6-5-7-10-14)16-12-13(18)11-15(16)19(2)3/h5-7,9-10,13,15-16H,4,8,11-12H2,1-3H3. The lowest BCUT2D eigenvalue weighted by Crippen LogP contribution is -2.49. The van der Waals surface area contributed by atoms with E-state index in [-0.39, 0.29) is 17.3 Å². The van der Waals surface area contributed by atoms with Crippen LogP contribution in [-0.4, -0.2) is 42.4 Å². The van der Waals surface area contributed by atoms with Gasteiger partial charge in [-0.2, -0.15) is 0 Å². The fraction of sp³-hybridized carbons (Fsp3) is 0.588. The molecule has 1 aromatic carbocycles. The van der Waals surface area contributed by atoms with E-state index in [1.54, 1.807) is 0 Å². The number of halogens is 1. The largest absolute Gasteiger partial charge is 0.308 e. The van der Waals surface area contributed by atoms with Crippen LogP contribution in [0.1, 0.15) is 32.6 Å². The molecule has 116 valence electrons. The Morgan fingerprint density at radius 2 is 1.81 bits per heavy atom. The Morgan fingerprint density at radius 1 is 1.19 bits per heavy atom. The van der Waals surface area contributed by atoms with Gasteiger partial charge in [-0.25, -0.2) is 0 Å². The first-order valence-corrected chi connectivity index (χ1v) is 8.15. The number of nitrogens with zero attached hydrogens (tertiary/aromatic N) is 2. The van der Waals surface area contributed by atoms with Gasteiger partial charge in [-0.15, -0.1) is 11.6 Å². The van der Waals surface area contributed by atoms with Gasteiger partial charge in [0.1, 0.15) is 0 Å². The Kier molecular flexibility index (Phi) is 5.65. The molecule has 0 spiro atoms. The summed E-state index contributed by atoms with van der Waals surface area (Å²) in [5.41, 5.74) is 0.985. The molecule has 3 atom stereocenters. The zero-order valence-corrected chi connectivity index (χ0v) is 13.9. The second-order valence-corrected chi connectivity index (χ2v) is 6.63. The number of hydrogen-bond acceptors (Lipinski definition) is 2. The molecule has 1 fully saturated rings. The SMILES string of the molecule is CCCC(=O)N(c1ccccc1)C1CC(Cl)CC1N(C)C. The molecule has 4 heteroatoms. The molecule has 1 aromatic rings. The van der Waals surface area contributed by atoms with E-state index in [0.717, 1.165) is 24.9 Å². The average molecular weight is 309 g/mol. The first kappa shape index (κ1) is 16.3. The van der Waals surface area contributed by atoms with Crippen LogP contribution in [0, 0.1) is 0 Å². The predicted octanol–water partition coefficient (Wildman–Crippen LogP) is 3.52. The lowest BCUT2D eigenvalue weighted by molar-refractivity contribution is -0.119. The fourth-order valence-electron chi connectivity index (χ4n) is 3.21. The molecule has 0 bridgehead atoms. The van der Waals surface area contributed by atoms with Crippen LogP contribution in [0.4, 0.5) is 5.69 Å². The number of anilines is 1. The molecule has 0 saturated heterocycles. The molecule has 0 aliphatic heterocycles. The summed E-state index contributed by atoms with van der Waals surface area (Å²) < 4.78 is 0. The molecule has 1 saturated carbocycles. The number of carbonyl (C=O) groups is 1. The van der Waals surface area contributed by atoms with Gasteiger partial charge in [0.2, 0.25) is 5.91 Å². The maximum Gasteiger partial charge on any atom is 0.227 e. The summed E-state index contributed by atoms with van der Waals surface area (Å²) in [7, 11) is 4.14. The Bertz CT molecular complexity index is 463. The molecule has 1 aliphatic carbocycles. The van der Waals surface area contributed by atoms with Crippen molar-refractivity contribution in [1.82, 2.24) is 4.90 Å². The zero-order valence-electron chi connectivity index (χ0n) is 13.1. The molecule has 0 aromatic heterocycles. The molecular formula is C17H25ClN2O. The van der Waals surface area contributed by atoms with E-state index < -0.39 is 0 Å². The summed E-state index contributed by atoms with van der Waals surface area (Å²) in [6.45, 7) is 2.05. The van der Waals surface area contributed by atoms with Crippen LogP contribution in [0.2, 0.25) is 0 Å². The van der Waals surface area contributed by atoms with Gasteiger partial charge in [-0.05, 0) is 45.5 Å². The molecule has 0 radical (unpaired) electrons. The van der Waals surface area contributed by atoms with E-state index in [0.29, 0.717) is 12.5 Å². The third-order valence-electron chi connectivity index (χ3n) is 4.20. The highest BCUT2D eigenvalue weighted by molar-refractivity contribution is 6.21. The van der Waals surface area contributed by atoms with Crippen LogP contribution in [0.25, 0.3) is 0 Å². The van der Waals surface area contributed by atoms with Crippen molar-refractivity contribution in [1.29, 1.82) is 0 Å². The number of benzene rings is 1. The first-order valence-electron chi connectivity index (χ1n) is 7.72. The number of likely N-dealkylation sites (N-methyl/N-ethyl adjacent to an activating group) is 1. The van der Waals surface area contributed by atoms with Crippen molar-refractivity contribution in [2.24, 2.45) is 0 Å². The molecular weight excluding hydrogens is 284 g/mol. The van der Waals surface area contributed by atoms with Crippen molar-refractivity contribution in [3.8, 4) is 0 Å². The molecule has 3 nitrogen and oxygen atoms in total. The van der Waals surface area contributed by atoms with Gasteiger partial charge in [-0.3, -0.25) is 4.79 Å². The van der Waals surface area contributed by atoms with E-state index in [2.05, 4.69) is 19.0 Å². The summed E-state index contributed by atoms with van der Waals surface area (Å²) >= 11 is 6.39. The van der Waals surface area contributed by atoms with Crippen molar-refractivity contribution in [2.75, 3.05) is 19.0 Å². The Labute approximate surface area is 132 Å². The van der Waals surface area contributed by atoms with Crippen LogP contribution in [0.5, 0.6) is 0 Å². The number of rotatable bonds is 5. The highest BCUT2D eigenvalue weighted by Crippen LogP contribution is 2.34. The highest BCUT2D eigenvalue weighted by Gasteiger charge is 2.40. The van der Waals surface area contributed by atoms with E-state index in [9.17, 15) is 4.79 Å². The normalized spacial score (nSPS) is 25.3. The van der Waals surface area contributed by atoms with Gasteiger partial charge in [0.05, 0.1) is 6.04 Å². The molecule has 21 heavy (non-hydrogen) atoms. The summed E-state index contributed by atoms with van der Waals surface area (Å²) in [4.78, 5) is 16.8. The van der Waals surface area contributed by atoms with E-state index in [1.165, 1.54) is 0 Å². The minimum absolute atomic E-state index is 0.142. The Morgan fingerprint density at radius 3 is 2.38 bits per heavy atom. The molecule has 1 amide bonds. The number of amides is 1. The van der Waals surface area contributed by atoms with Crippen LogP contribution in [0.15, 0.2) is 30.3 Å². The Hall–Kier alpha value is -1.06. The van der Waals surface area contributed by atoms with Crippen LogP contribution < -0.4 is 4.90 Å².